The molecular formula is C29H28N2O4. The fourth-order valence-electron chi connectivity index (χ4n) is 5.18. The third kappa shape index (κ3) is 4.16. The predicted molar refractivity (Wildman–Crippen MR) is 136 cm³/mol. The molecule has 0 bridgehead atoms. The average molecular weight is 469 g/mol. The number of allylic oxidation sites excluding steroid dienone is 1. The average Bonchev–Trinajstić information content (AvgIpc) is 3.03. The van der Waals surface area contributed by atoms with Gasteiger partial charge in [-0.3, -0.25) is 14.5 Å². The summed E-state index contributed by atoms with van der Waals surface area (Å²) < 4.78 is 10.8. The summed E-state index contributed by atoms with van der Waals surface area (Å²) in [5.41, 5.74) is 4.97. The van der Waals surface area contributed by atoms with Gasteiger partial charge in [-0.05, 0) is 59.9 Å². The van der Waals surface area contributed by atoms with E-state index in [0.29, 0.717) is 24.2 Å². The minimum atomic E-state index is -0.557. The Morgan fingerprint density at radius 2 is 1.63 bits per heavy atom. The molecule has 1 aliphatic heterocycles. The van der Waals surface area contributed by atoms with E-state index in [9.17, 15) is 9.59 Å². The molecule has 3 aromatic rings. The number of rotatable bonds is 4. The van der Waals surface area contributed by atoms with Crippen LogP contribution in [0.5, 0.6) is 11.5 Å². The summed E-state index contributed by atoms with van der Waals surface area (Å²) >= 11 is 0. The van der Waals surface area contributed by atoms with E-state index in [2.05, 4.69) is 5.32 Å². The molecule has 6 heteroatoms. The molecule has 2 atom stereocenters. The van der Waals surface area contributed by atoms with E-state index in [0.717, 1.165) is 33.9 Å². The molecule has 178 valence electrons. The van der Waals surface area contributed by atoms with Crippen LogP contribution in [0, 0.1) is 0 Å². The van der Waals surface area contributed by atoms with E-state index < -0.39 is 6.04 Å². The minimum Gasteiger partial charge on any atom is -0.497 e. The highest BCUT2D eigenvalue weighted by Crippen LogP contribution is 2.47. The number of fused-ring (bicyclic) bond motifs is 1. The van der Waals surface area contributed by atoms with Crippen LogP contribution < -0.4 is 19.7 Å². The molecule has 0 fully saturated rings. The van der Waals surface area contributed by atoms with Gasteiger partial charge >= 0.3 is 0 Å². The van der Waals surface area contributed by atoms with Crippen LogP contribution >= 0.6 is 0 Å². The Morgan fingerprint density at radius 3 is 2.34 bits per heavy atom. The number of hydrogen-bond acceptors (Lipinski definition) is 5. The molecule has 0 saturated carbocycles. The van der Waals surface area contributed by atoms with Crippen molar-refractivity contribution >= 4 is 23.1 Å². The standard InChI is InChI=1S/C29H28N2O4/c1-18(32)31-26-10-5-4-9-24(26)30-25-16-21(19-11-13-22(34-2)14-12-19)17-27(33)28(25)29(31)20-7-6-8-23(15-20)35-3/h4-15,21,29-30H,16-17H2,1-3H3/t21-,29+/m0/s1. The highest BCUT2D eigenvalue weighted by Gasteiger charge is 2.40. The smallest absolute Gasteiger partial charge is 0.224 e. The third-order valence-corrected chi connectivity index (χ3v) is 6.82. The number of para-hydroxylation sites is 2. The number of nitrogens with zero attached hydrogens (tertiary/aromatic N) is 1. The van der Waals surface area contributed by atoms with Crippen molar-refractivity contribution in [1.29, 1.82) is 0 Å². The predicted octanol–water partition coefficient (Wildman–Crippen LogP) is 5.62. The number of methoxy groups -OCH3 is 2. The van der Waals surface area contributed by atoms with Gasteiger partial charge in [-0.15, -0.1) is 0 Å². The van der Waals surface area contributed by atoms with Crippen molar-refractivity contribution in [2.24, 2.45) is 0 Å². The monoisotopic (exact) mass is 468 g/mol. The van der Waals surface area contributed by atoms with Gasteiger partial charge in [-0.2, -0.15) is 0 Å². The highest BCUT2D eigenvalue weighted by atomic mass is 16.5. The maximum absolute atomic E-state index is 13.9. The number of amides is 1. The number of nitrogens with one attached hydrogen (secondary N) is 1. The first-order valence-corrected chi connectivity index (χ1v) is 11.7. The summed E-state index contributed by atoms with van der Waals surface area (Å²) in [4.78, 5) is 28.7. The molecule has 1 amide bonds. The summed E-state index contributed by atoms with van der Waals surface area (Å²) in [7, 11) is 3.25. The lowest BCUT2D eigenvalue weighted by Crippen LogP contribution is -2.37. The lowest BCUT2D eigenvalue weighted by atomic mass is 9.78. The van der Waals surface area contributed by atoms with E-state index in [1.165, 1.54) is 0 Å². The Morgan fingerprint density at radius 1 is 0.886 bits per heavy atom. The van der Waals surface area contributed by atoms with Crippen LogP contribution in [0.25, 0.3) is 0 Å². The second-order valence-electron chi connectivity index (χ2n) is 8.90. The van der Waals surface area contributed by atoms with Crippen LogP contribution in [0.4, 0.5) is 11.4 Å². The molecule has 6 nitrogen and oxygen atoms in total. The van der Waals surface area contributed by atoms with E-state index >= 15 is 0 Å². The Kier molecular flexibility index (Phi) is 6.03. The topological polar surface area (TPSA) is 67.9 Å². The van der Waals surface area contributed by atoms with Crippen molar-refractivity contribution in [3.63, 3.8) is 0 Å². The quantitative estimate of drug-likeness (QED) is 0.538. The van der Waals surface area contributed by atoms with E-state index in [1.54, 1.807) is 26.0 Å². The summed E-state index contributed by atoms with van der Waals surface area (Å²) in [5, 5.41) is 3.54. The van der Waals surface area contributed by atoms with Crippen LogP contribution in [0.1, 0.15) is 42.9 Å². The Bertz CT molecular complexity index is 1310. The zero-order valence-electron chi connectivity index (χ0n) is 20.1. The lowest BCUT2D eigenvalue weighted by Gasteiger charge is -2.34. The molecule has 0 spiro atoms. The van der Waals surface area contributed by atoms with Crippen molar-refractivity contribution in [3.05, 3.63) is 95.2 Å². The highest BCUT2D eigenvalue weighted by molar-refractivity contribution is 6.06. The van der Waals surface area contributed by atoms with Crippen molar-refractivity contribution in [2.45, 2.75) is 31.7 Å². The molecule has 0 aromatic heterocycles. The van der Waals surface area contributed by atoms with Gasteiger partial charge in [0.1, 0.15) is 11.5 Å². The van der Waals surface area contributed by atoms with Crippen LogP contribution in [0.15, 0.2) is 84.1 Å². The minimum absolute atomic E-state index is 0.0293. The first-order chi connectivity index (χ1) is 17.0. The first kappa shape index (κ1) is 22.7. The number of benzene rings is 3. The second-order valence-corrected chi connectivity index (χ2v) is 8.90. The molecule has 5 rings (SSSR count). The fraction of sp³-hybridized carbons (Fsp3) is 0.241. The Labute approximate surface area is 205 Å². The van der Waals surface area contributed by atoms with E-state index in [1.807, 2.05) is 72.8 Å². The molecule has 2 aliphatic rings. The molecule has 0 saturated heterocycles. The molecule has 0 unspecified atom stereocenters. The van der Waals surface area contributed by atoms with Gasteiger partial charge in [-0.25, -0.2) is 0 Å². The van der Waals surface area contributed by atoms with E-state index in [-0.39, 0.29) is 17.6 Å². The van der Waals surface area contributed by atoms with Crippen LogP contribution in [-0.4, -0.2) is 25.9 Å². The van der Waals surface area contributed by atoms with Crippen molar-refractivity contribution in [3.8, 4) is 11.5 Å². The van der Waals surface area contributed by atoms with Gasteiger partial charge in [0.15, 0.2) is 5.78 Å². The molecule has 0 radical (unpaired) electrons. The largest absolute Gasteiger partial charge is 0.497 e. The van der Waals surface area contributed by atoms with Crippen molar-refractivity contribution in [1.82, 2.24) is 0 Å². The van der Waals surface area contributed by atoms with Gasteiger partial charge in [0.2, 0.25) is 5.91 Å². The van der Waals surface area contributed by atoms with E-state index in [4.69, 9.17) is 9.47 Å². The summed E-state index contributed by atoms with van der Waals surface area (Å²) in [6.07, 6.45) is 1.03. The Balaban J connectivity index is 1.67. The molecule has 1 aliphatic carbocycles. The number of ketones is 1. The first-order valence-electron chi connectivity index (χ1n) is 11.7. The van der Waals surface area contributed by atoms with Gasteiger partial charge < -0.3 is 14.8 Å². The molecular weight excluding hydrogens is 440 g/mol. The number of hydrogen-bond donors (Lipinski definition) is 1. The molecule has 35 heavy (non-hydrogen) atoms. The molecule has 1 N–H and O–H groups in total. The number of ether oxygens (including phenoxy) is 2. The number of carbonyl (C=O) groups excluding carboxylic acids is 2. The zero-order valence-corrected chi connectivity index (χ0v) is 20.1. The third-order valence-electron chi connectivity index (χ3n) is 6.82. The SMILES string of the molecule is COc1ccc([C@@H]2CC(=O)C3=C(C2)Nc2ccccc2N(C(C)=O)[C@@H]3c2cccc(OC)c2)cc1. The summed E-state index contributed by atoms with van der Waals surface area (Å²) in [6.45, 7) is 1.54. The Hall–Kier alpha value is -4.06. The van der Waals surface area contributed by atoms with Gasteiger partial charge in [0, 0.05) is 24.6 Å². The maximum Gasteiger partial charge on any atom is 0.224 e. The number of anilines is 2. The molecule has 3 aromatic carbocycles. The summed E-state index contributed by atoms with van der Waals surface area (Å²) in [6, 6.07) is 22.7. The summed E-state index contributed by atoms with van der Waals surface area (Å²) in [5.74, 6) is 1.39. The molecule has 1 heterocycles. The fourth-order valence-corrected chi connectivity index (χ4v) is 5.18. The normalized spacial score (nSPS) is 19.3. The van der Waals surface area contributed by atoms with Crippen LogP contribution in [0.3, 0.4) is 0 Å². The number of carbonyl (C=O) groups is 2. The van der Waals surface area contributed by atoms with Gasteiger partial charge in [0.05, 0.1) is 31.6 Å². The van der Waals surface area contributed by atoms with Crippen molar-refractivity contribution in [2.75, 3.05) is 24.4 Å². The van der Waals surface area contributed by atoms with Crippen molar-refractivity contribution < 1.29 is 19.1 Å². The second kappa shape index (κ2) is 9.29. The van der Waals surface area contributed by atoms with Crippen LogP contribution in [-0.2, 0) is 9.59 Å². The maximum atomic E-state index is 13.9. The number of Topliss-reactive ketones (excluding diaryl/α,β-unsaturated/α-hetero) is 1. The lowest BCUT2D eigenvalue weighted by molar-refractivity contribution is -0.117. The van der Waals surface area contributed by atoms with Crippen LogP contribution in [0.2, 0.25) is 0 Å². The zero-order chi connectivity index (χ0) is 24.5. The van der Waals surface area contributed by atoms with Gasteiger partial charge in [0.25, 0.3) is 0 Å². The van der Waals surface area contributed by atoms with Gasteiger partial charge in [-0.1, -0.05) is 36.4 Å².